The second-order valence-corrected chi connectivity index (χ2v) is 7.17. The average molecular weight is 445 g/mol. The van der Waals surface area contributed by atoms with E-state index in [0.717, 1.165) is 5.56 Å². The van der Waals surface area contributed by atoms with Crippen LogP contribution in [-0.4, -0.2) is 23.0 Å². The van der Waals surface area contributed by atoms with E-state index in [2.05, 4.69) is 15.6 Å². The monoisotopic (exact) mass is 445 g/mol. The van der Waals surface area contributed by atoms with E-state index in [4.69, 9.17) is 4.42 Å². The topological polar surface area (TPSA) is 84.2 Å². The Morgan fingerprint density at radius 1 is 1.00 bits per heavy atom. The van der Waals surface area contributed by atoms with Crippen LogP contribution in [-0.2, 0) is 22.6 Å². The molecule has 1 heterocycles. The molecule has 0 radical (unpaired) electrons. The van der Waals surface area contributed by atoms with Crippen molar-refractivity contribution in [1.82, 2.24) is 10.3 Å². The van der Waals surface area contributed by atoms with E-state index in [1.807, 2.05) is 30.3 Å². The van der Waals surface area contributed by atoms with E-state index >= 15 is 0 Å². The molecule has 32 heavy (non-hydrogen) atoms. The maximum atomic E-state index is 12.5. The number of alkyl halides is 3. The van der Waals surface area contributed by atoms with Crippen molar-refractivity contribution in [3.8, 4) is 11.5 Å². The number of aryl methyl sites for hydroxylation is 1. The largest absolute Gasteiger partial charge is 0.441 e. The number of carbonyl (C=O) groups is 2. The van der Waals surface area contributed by atoms with Crippen LogP contribution in [0.4, 0.5) is 18.9 Å². The van der Waals surface area contributed by atoms with Gasteiger partial charge in [0, 0.05) is 6.42 Å². The summed E-state index contributed by atoms with van der Waals surface area (Å²) in [6.45, 7) is 1.58. The van der Waals surface area contributed by atoms with Crippen LogP contribution in [0.1, 0.15) is 29.9 Å². The van der Waals surface area contributed by atoms with Crippen molar-refractivity contribution in [2.24, 2.45) is 0 Å². The van der Waals surface area contributed by atoms with E-state index < -0.39 is 24.9 Å². The second kappa shape index (κ2) is 10.1. The van der Waals surface area contributed by atoms with Gasteiger partial charge < -0.3 is 15.1 Å². The van der Waals surface area contributed by atoms with Crippen molar-refractivity contribution in [2.75, 3.05) is 5.32 Å². The fourth-order valence-corrected chi connectivity index (χ4v) is 2.99. The fourth-order valence-electron chi connectivity index (χ4n) is 2.99. The molecule has 9 heteroatoms. The Bertz CT molecular complexity index is 1080. The van der Waals surface area contributed by atoms with Crippen LogP contribution in [0, 0.1) is 6.92 Å². The molecular formula is C23H22F3N3O3. The molecule has 3 aromatic rings. The second-order valence-electron chi connectivity index (χ2n) is 7.17. The number of oxazole rings is 1. The molecule has 0 unspecified atom stereocenters. The molecule has 3 rings (SSSR count). The molecule has 1 aromatic heterocycles. The van der Waals surface area contributed by atoms with Gasteiger partial charge in [0.15, 0.2) is 0 Å². The lowest BCUT2D eigenvalue weighted by atomic mass is 10.1. The molecule has 2 aromatic carbocycles. The summed E-state index contributed by atoms with van der Waals surface area (Å²) in [6.07, 6.45) is -6.01. The highest BCUT2D eigenvalue weighted by Gasteiger charge is 2.28. The first kappa shape index (κ1) is 23.1. The minimum atomic E-state index is -4.39. The Morgan fingerprint density at radius 3 is 2.41 bits per heavy atom. The maximum absolute atomic E-state index is 12.5. The highest BCUT2D eigenvalue weighted by atomic mass is 19.4. The Morgan fingerprint density at radius 2 is 1.69 bits per heavy atom. The molecule has 0 saturated heterocycles. The summed E-state index contributed by atoms with van der Waals surface area (Å²) in [5.41, 5.74) is 2.32. The lowest BCUT2D eigenvalue weighted by Crippen LogP contribution is -2.25. The van der Waals surface area contributed by atoms with Gasteiger partial charge in [-0.05, 0) is 24.6 Å². The van der Waals surface area contributed by atoms with Crippen molar-refractivity contribution < 1.29 is 27.2 Å². The van der Waals surface area contributed by atoms with Gasteiger partial charge in [-0.25, -0.2) is 4.98 Å². The van der Waals surface area contributed by atoms with E-state index in [0.29, 0.717) is 22.7 Å². The number of anilines is 1. The molecule has 0 aliphatic rings. The Labute approximate surface area is 182 Å². The molecule has 2 amide bonds. The van der Waals surface area contributed by atoms with Crippen molar-refractivity contribution in [2.45, 2.75) is 38.9 Å². The normalized spacial score (nSPS) is 11.2. The third-order valence-corrected chi connectivity index (χ3v) is 4.62. The third-order valence-electron chi connectivity index (χ3n) is 4.62. The summed E-state index contributed by atoms with van der Waals surface area (Å²) >= 11 is 0. The molecular weight excluding hydrogens is 423 g/mol. The van der Waals surface area contributed by atoms with Crippen molar-refractivity contribution in [3.63, 3.8) is 0 Å². The Kier molecular flexibility index (Phi) is 7.29. The van der Waals surface area contributed by atoms with Gasteiger partial charge in [-0.3, -0.25) is 9.59 Å². The van der Waals surface area contributed by atoms with Crippen LogP contribution in [0.2, 0.25) is 0 Å². The zero-order chi connectivity index (χ0) is 23.1. The number of nitrogens with one attached hydrogen (secondary N) is 2. The van der Waals surface area contributed by atoms with Crippen LogP contribution in [0.3, 0.4) is 0 Å². The number of hydrogen-bond acceptors (Lipinski definition) is 4. The standard InChI is InChI=1S/C23H22F3N3O3/c1-15-19(14-27-20(30)11-12-23(24,25)26)29-22(32-15)17-9-5-6-10-18(17)28-21(31)13-16-7-3-2-4-8-16/h2-10H,11-14H2,1H3,(H,27,30)(H,28,31). The number of nitrogens with zero attached hydrogens (tertiary/aromatic N) is 1. The first-order valence-electron chi connectivity index (χ1n) is 9.94. The van der Waals surface area contributed by atoms with Crippen LogP contribution >= 0.6 is 0 Å². The smallest absolute Gasteiger partial charge is 0.389 e. The van der Waals surface area contributed by atoms with Crippen LogP contribution in [0.25, 0.3) is 11.5 Å². The number of para-hydroxylation sites is 1. The fraction of sp³-hybridized carbons (Fsp3) is 0.261. The highest BCUT2D eigenvalue weighted by molar-refractivity contribution is 5.95. The molecule has 0 bridgehead atoms. The van der Waals surface area contributed by atoms with Gasteiger partial charge in [-0.1, -0.05) is 42.5 Å². The summed E-state index contributed by atoms with van der Waals surface area (Å²) in [4.78, 5) is 28.5. The lowest BCUT2D eigenvalue weighted by Gasteiger charge is -2.09. The summed E-state index contributed by atoms with van der Waals surface area (Å²) < 4.78 is 42.4. The van der Waals surface area contributed by atoms with Gasteiger partial charge >= 0.3 is 6.18 Å². The number of aromatic nitrogens is 1. The first-order valence-corrected chi connectivity index (χ1v) is 9.94. The summed E-state index contributed by atoms with van der Waals surface area (Å²) in [5, 5.41) is 5.27. The lowest BCUT2D eigenvalue weighted by molar-refractivity contribution is -0.144. The number of hydrogen-bond donors (Lipinski definition) is 2. The Hall–Kier alpha value is -3.62. The SMILES string of the molecule is Cc1oc(-c2ccccc2NC(=O)Cc2ccccc2)nc1CNC(=O)CCC(F)(F)F. The zero-order valence-electron chi connectivity index (χ0n) is 17.3. The average Bonchev–Trinajstić information content (AvgIpc) is 3.11. The quantitative estimate of drug-likeness (QED) is 0.522. The molecule has 0 aliphatic carbocycles. The van der Waals surface area contributed by atoms with E-state index in [1.165, 1.54) is 0 Å². The van der Waals surface area contributed by atoms with Crippen LogP contribution in [0.5, 0.6) is 0 Å². The number of carbonyl (C=O) groups excluding carboxylic acids is 2. The van der Waals surface area contributed by atoms with E-state index in [1.54, 1.807) is 31.2 Å². The predicted molar refractivity (Wildman–Crippen MR) is 113 cm³/mol. The van der Waals surface area contributed by atoms with Crippen molar-refractivity contribution in [1.29, 1.82) is 0 Å². The number of benzene rings is 2. The highest BCUT2D eigenvalue weighted by Crippen LogP contribution is 2.29. The molecule has 2 N–H and O–H groups in total. The van der Waals surface area contributed by atoms with E-state index in [9.17, 15) is 22.8 Å². The van der Waals surface area contributed by atoms with E-state index in [-0.39, 0.29) is 24.8 Å². The molecule has 168 valence electrons. The summed E-state index contributed by atoms with van der Waals surface area (Å²) in [6, 6.07) is 16.3. The van der Waals surface area contributed by atoms with Gasteiger partial charge in [0.05, 0.1) is 30.6 Å². The molecule has 0 fully saturated rings. The van der Waals surface area contributed by atoms with Crippen LogP contribution in [0.15, 0.2) is 59.0 Å². The van der Waals surface area contributed by atoms with Crippen molar-refractivity contribution in [3.05, 3.63) is 71.6 Å². The molecule has 0 saturated carbocycles. The molecule has 6 nitrogen and oxygen atoms in total. The van der Waals surface area contributed by atoms with Gasteiger partial charge in [-0.15, -0.1) is 0 Å². The van der Waals surface area contributed by atoms with Crippen LogP contribution < -0.4 is 10.6 Å². The van der Waals surface area contributed by atoms with Gasteiger partial charge in [0.1, 0.15) is 11.5 Å². The minimum Gasteiger partial charge on any atom is -0.441 e. The molecule has 0 spiro atoms. The van der Waals surface area contributed by atoms with Gasteiger partial charge in [0.2, 0.25) is 17.7 Å². The molecule has 0 aliphatic heterocycles. The first-order chi connectivity index (χ1) is 15.2. The number of halogens is 3. The number of rotatable bonds is 8. The maximum Gasteiger partial charge on any atom is 0.389 e. The van der Waals surface area contributed by atoms with Gasteiger partial charge in [0.25, 0.3) is 0 Å². The van der Waals surface area contributed by atoms with Gasteiger partial charge in [-0.2, -0.15) is 13.2 Å². The Balaban J connectivity index is 1.67. The summed E-state index contributed by atoms with van der Waals surface area (Å²) in [5.74, 6) is -0.275. The number of amides is 2. The zero-order valence-corrected chi connectivity index (χ0v) is 17.3. The van der Waals surface area contributed by atoms with Crippen molar-refractivity contribution >= 4 is 17.5 Å². The minimum absolute atomic E-state index is 0.0610. The third kappa shape index (κ3) is 6.69. The predicted octanol–water partition coefficient (Wildman–Crippen LogP) is 4.79. The molecule has 0 atom stereocenters. The summed E-state index contributed by atoms with van der Waals surface area (Å²) in [7, 11) is 0.